The van der Waals surface area contributed by atoms with Crippen LogP contribution in [0.25, 0.3) is 0 Å². The van der Waals surface area contributed by atoms with Gasteiger partial charge in [-0.1, -0.05) is 19.3 Å². The van der Waals surface area contributed by atoms with Gasteiger partial charge in [-0.15, -0.1) is 0 Å². The highest BCUT2D eigenvalue weighted by atomic mass is 15.1. The molecule has 1 fully saturated rings. The maximum Gasteiger partial charge on any atom is 0.0645 e. The topological polar surface area (TPSA) is 62.1 Å². The Morgan fingerprint density at radius 2 is 1.83 bits per heavy atom. The van der Waals surface area contributed by atoms with Crippen LogP contribution in [0.15, 0.2) is 0 Å². The second kappa shape index (κ2) is 8.86. The Labute approximate surface area is 112 Å². The van der Waals surface area contributed by atoms with E-state index in [1.165, 1.54) is 32.1 Å². The van der Waals surface area contributed by atoms with E-state index in [0.717, 1.165) is 38.5 Å². The van der Waals surface area contributed by atoms with Crippen LogP contribution in [0.5, 0.6) is 0 Å². The fourth-order valence-corrected chi connectivity index (χ4v) is 2.55. The Morgan fingerprint density at radius 1 is 1.11 bits per heavy atom. The van der Waals surface area contributed by atoms with Crippen molar-refractivity contribution in [2.75, 3.05) is 26.7 Å². The van der Waals surface area contributed by atoms with Crippen LogP contribution < -0.4 is 21.7 Å². The van der Waals surface area contributed by atoms with Gasteiger partial charge in [0.2, 0.25) is 0 Å². The molecule has 1 saturated carbocycles. The highest BCUT2D eigenvalue weighted by molar-refractivity contribution is 4.77. The molecule has 1 aliphatic rings. The third-order valence-corrected chi connectivity index (χ3v) is 3.81. The van der Waals surface area contributed by atoms with Crippen molar-refractivity contribution in [1.82, 2.24) is 16.0 Å². The first-order valence-electron chi connectivity index (χ1n) is 7.56. The summed E-state index contributed by atoms with van der Waals surface area (Å²) < 4.78 is 0. The molecule has 4 heteroatoms. The van der Waals surface area contributed by atoms with Crippen LogP contribution in [-0.4, -0.2) is 38.4 Å². The first-order valence-corrected chi connectivity index (χ1v) is 7.56. The van der Waals surface area contributed by atoms with Gasteiger partial charge in [0.25, 0.3) is 0 Å². The summed E-state index contributed by atoms with van der Waals surface area (Å²) in [5.41, 5.74) is 5.91. The summed E-state index contributed by atoms with van der Waals surface area (Å²) >= 11 is 0. The highest BCUT2D eigenvalue weighted by Crippen LogP contribution is 2.17. The summed E-state index contributed by atoms with van der Waals surface area (Å²) in [6.07, 6.45) is 9.08. The molecule has 0 aliphatic heterocycles. The van der Waals surface area contributed by atoms with Crippen LogP contribution in [0.2, 0.25) is 0 Å². The molecule has 1 rings (SSSR count). The number of rotatable bonds is 9. The fourth-order valence-electron chi connectivity index (χ4n) is 2.55. The van der Waals surface area contributed by atoms with Crippen LogP contribution in [0.4, 0.5) is 0 Å². The van der Waals surface area contributed by atoms with Gasteiger partial charge in [0.1, 0.15) is 0 Å². The maximum atomic E-state index is 6.16. The van der Waals surface area contributed by atoms with Crippen LogP contribution >= 0.6 is 0 Å². The lowest BCUT2D eigenvalue weighted by atomic mass is 9.95. The van der Waals surface area contributed by atoms with Crippen molar-refractivity contribution >= 4 is 0 Å². The van der Waals surface area contributed by atoms with Crippen molar-refractivity contribution in [1.29, 1.82) is 0 Å². The molecule has 0 aromatic heterocycles. The second-order valence-corrected chi connectivity index (χ2v) is 5.84. The van der Waals surface area contributed by atoms with Crippen molar-refractivity contribution in [2.45, 2.75) is 63.6 Å². The molecule has 0 saturated heterocycles. The molecule has 18 heavy (non-hydrogen) atoms. The molecule has 0 bridgehead atoms. The van der Waals surface area contributed by atoms with E-state index in [2.05, 4.69) is 22.9 Å². The molecule has 1 unspecified atom stereocenters. The lowest BCUT2D eigenvalue weighted by Crippen LogP contribution is -2.52. The summed E-state index contributed by atoms with van der Waals surface area (Å²) in [6.45, 7) is 5.13. The molecule has 4 nitrogen and oxygen atoms in total. The van der Waals surface area contributed by atoms with Gasteiger partial charge in [-0.25, -0.2) is 0 Å². The van der Waals surface area contributed by atoms with Gasteiger partial charge in [-0.3, -0.25) is 5.32 Å². The molecule has 0 spiro atoms. The largest absolute Gasteiger partial charge is 0.320 e. The lowest BCUT2D eigenvalue weighted by molar-refractivity contribution is 0.329. The number of hydrogen-bond donors (Lipinski definition) is 4. The van der Waals surface area contributed by atoms with E-state index in [-0.39, 0.29) is 5.66 Å². The Kier molecular flexibility index (Phi) is 7.82. The Hall–Kier alpha value is -0.160. The maximum absolute atomic E-state index is 6.16. The molecule has 1 aliphatic carbocycles. The van der Waals surface area contributed by atoms with Crippen LogP contribution in [0.1, 0.15) is 51.9 Å². The van der Waals surface area contributed by atoms with Crippen molar-refractivity contribution in [3.05, 3.63) is 0 Å². The molecule has 0 radical (unpaired) electrons. The first-order chi connectivity index (χ1) is 8.64. The van der Waals surface area contributed by atoms with Crippen LogP contribution in [0.3, 0.4) is 0 Å². The van der Waals surface area contributed by atoms with Crippen molar-refractivity contribution < 1.29 is 0 Å². The zero-order chi connectivity index (χ0) is 13.3. The van der Waals surface area contributed by atoms with Crippen molar-refractivity contribution in [3.8, 4) is 0 Å². The molecule has 0 aromatic carbocycles. The molecule has 5 N–H and O–H groups in total. The summed E-state index contributed by atoms with van der Waals surface area (Å²) in [5.74, 6) is 0. The van der Waals surface area contributed by atoms with E-state index in [0.29, 0.717) is 0 Å². The van der Waals surface area contributed by atoms with E-state index in [1.807, 2.05) is 7.05 Å². The Balaban J connectivity index is 1.96. The normalized spacial score (nSPS) is 20.8. The third kappa shape index (κ3) is 7.31. The summed E-state index contributed by atoms with van der Waals surface area (Å²) in [5, 5.41) is 10.2. The number of hydrogen-bond acceptors (Lipinski definition) is 4. The summed E-state index contributed by atoms with van der Waals surface area (Å²) in [7, 11) is 1.96. The minimum Gasteiger partial charge on any atom is -0.320 e. The van der Waals surface area contributed by atoms with E-state index in [4.69, 9.17) is 5.73 Å². The quantitative estimate of drug-likeness (QED) is 0.369. The number of nitrogens with two attached hydrogens (primary N) is 1. The summed E-state index contributed by atoms with van der Waals surface area (Å²) in [4.78, 5) is 0. The fraction of sp³-hybridized carbons (Fsp3) is 1.00. The van der Waals surface area contributed by atoms with E-state index in [1.54, 1.807) is 0 Å². The highest BCUT2D eigenvalue weighted by Gasteiger charge is 2.16. The predicted octanol–water partition coefficient (Wildman–Crippen LogP) is 1.17. The molecule has 0 amide bonds. The van der Waals surface area contributed by atoms with Crippen molar-refractivity contribution in [2.24, 2.45) is 5.73 Å². The molecule has 0 aromatic rings. The van der Waals surface area contributed by atoms with Gasteiger partial charge < -0.3 is 16.4 Å². The van der Waals surface area contributed by atoms with E-state index >= 15 is 0 Å². The summed E-state index contributed by atoms with van der Waals surface area (Å²) in [6, 6.07) is 0.771. The Bertz CT molecular complexity index is 200. The third-order valence-electron chi connectivity index (χ3n) is 3.81. The predicted molar refractivity (Wildman–Crippen MR) is 78.6 cm³/mol. The average molecular weight is 256 g/mol. The zero-order valence-corrected chi connectivity index (χ0v) is 12.2. The minimum absolute atomic E-state index is 0.242. The molecular formula is C14H32N4. The minimum atomic E-state index is -0.242. The molecule has 0 heterocycles. The van der Waals surface area contributed by atoms with Crippen LogP contribution in [-0.2, 0) is 0 Å². The first kappa shape index (κ1) is 15.9. The number of nitrogens with one attached hydrogen (secondary N) is 3. The molecular weight excluding hydrogens is 224 g/mol. The van der Waals surface area contributed by atoms with Crippen molar-refractivity contribution in [3.63, 3.8) is 0 Å². The standard InChI is InChI=1S/C14H32N4/c1-14(15,9-12-16-2)18-11-6-10-17-13-7-4-3-5-8-13/h13,16-18H,3-12,15H2,1-2H3. The van der Waals surface area contributed by atoms with Crippen LogP contribution in [0, 0.1) is 0 Å². The van der Waals surface area contributed by atoms with Gasteiger partial charge in [-0.2, -0.15) is 0 Å². The average Bonchev–Trinajstić information content (AvgIpc) is 2.37. The van der Waals surface area contributed by atoms with Gasteiger partial charge in [0, 0.05) is 6.04 Å². The molecule has 1 atom stereocenters. The van der Waals surface area contributed by atoms with Gasteiger partial charge in [-0.05, 0) is 59.3 Å². The van der Waals surface area contributed by atoms with Gasteiger partial charge in [0.15, 0.2) is 0 Å². The van der Waals surface area contributed by atoms with E-state index in [9.17, 15) is 0 Å². The van der Waals surface area contributed by atoms with Gasteiger partial charge in [0.05, 0.1) is 5.66 Å². The lowest BCUT2D eigenvalue weighted by Gasteiger charge is -2.27. The van der Waals surface area contributed by atoms with Gasteiger partial charge >= 0.3 is 0 Å². The monoisotopic (exact) mass is 256 g/mol. The van der Waals surface area contributed by atoms with E-state index < -0.39 is 0 Å². The second-order valence-electron chi connectivity index (χ2n) is 5.84. The molecule has 108 valence electrons. The smallest absolute Gasteiger partial charge is 0.0645 e. The zero-order valence-electron chi connectivity index (χ0n) is 12.2. The Morgan fingerprint density at radius 3 is 2.50 bits per heavy atom. The SMILES string of the molecule is CNCCC(C)(N)NCCCNC1CCCCC1.